The topological polar surface area (TPSA) is 71.1 Å². The predicted octanol–water partition coefficient (Wildman–Crippen LogP) is 3.62. The zero-order chi connectivity index (χ0) is 19.8. The lowest BCUT2D eigenvalue weighted by Gasteiger charge is -2.27. The van der Waals surface area contributed by atoms with Crippen LogP contribution in [0.3, 0.4) is 0 Å². The largest absolute Gasteiger partial charge is 0.493 e. The van der Waals surface area contributed by atoms with Crippen molar-refractivity contribution in [3.8, 4) is 11.5 Å². The molecule has 0 aliphatic rings. The number of benzene rings is 2. The predicted molar refractivity (Wildman–Crippen MR) is 99.7 cm³/mol. The number of hydrogen-bond acceptors (Lipinski definition) is 6. The summed E-state index contributed by atoms with van der Waals surface area (Å²) in [6, 6.07) is 14.5. The van der Waals surface area contributed by atoms with E-state index in [4.69, 9.17) is 18.9 Å². The van der Waals surface area contributed by atoms with Gasteiger partial charge in [0.05, 0.1) is 13.7 Å². The summed E-state index contributed by atoms with van der Waals surface area (Å²) in [5.74, 6) is -0.333. The number of hydrogen-bond donors (Lipinski definition) is 0. The molecule has 2 unspecified atom stereocenters. The molecule has 27 heavy (non-hydrogen) atoms. The van der Waals surface area contributed by atoms with E-state index in [1.165, 1.54) is 14.0 Å². The first-order chi connectivity index (χ1) is 13.0. The van der Waals surface area contributed by atoms with Gasteiger partial charge in [0.2, 0.25) is 6.10 Å². The fourth-order valence-corrected chi connectivity index (χ4v) is 2.59. The summed E-state index contributed by atoms with van der Waals surface area (Å²) in [5.41, 5.74) is 1.66. The summed E-state index contributed by atoms with van der Waals surface area (Å²) >= 11 is 0. The Labute approximate surface area is 159 Å². The third kappa shape index (κ3) is 5.48. The van der Waals surface area contributed by atoms with Gasteiger partial charge in [-0.2, -0.15) is 0 Å². The Morgan fingerprint density at radius 2 is 1.74 bits per heavy atom. The van der Waals surface area contributed by atoms with E-state index < -0.39 is 24.1 Å². The number of carbonyl (C=O) groups is 2. The van der Waals surface area contributed by atoms with Gasteiger partial charge >= 0.3 is 11.9 Å². The van der Waals surface area contributed by atoms with Gasteiger partial charge in [-0.3, -0.25) is 4.79 Å². The molecule has 0 bridgehead atoms. The average molecular weight is 372 g/mol. The van der Waals surface area contributed by atoms with Crippen molar-refractivity contribution in [3.05, 3.63) is 59.7 Å². The highest BCUT2D eigenvalue weighted by atomic mass is 16.6. The number of aryl methyl sites for hydroxylation is 1. The number of carbonyl (C=O) groups excluding carboxylic acids is 2. The van der Waals surface area contributed by atoms with Gasteiger partial charge in [-0.25, -0.2) is 4.79 Å². The second-order valence-corrected chi connectivity index (χ2v) is 5.89. The Balaban J connectivity index is 2.47. The SMILES string of the molecule is CCOC(=O)C(OC(C)=O)C(Oc1ccc(C)cc1OC)c1ccccc1. The molecule has 0 N–H and O–H groups in total. The van der Waals surface area contributed by atoms with E-state index in [0.717, 1.165) is 5.56 Å². The maximum Gasteiger partial charge on any atom is 0.351 e. The van der Waals surface area contributed by atoms with Crippen molar-refractivity contribution in [2.75, 3.05) is 13.7 Å². The lowest BCUT2D eigenvalue weighted by atomic mass is 10.0. The van der Waals surface area contributed by atoms with E-state index in [-0.39, 0.29) is 6.61 Å². The van der Waals surface area contributed by atoms with Crippen LogP contribution >= 0.6 is 0 Å². The molecular weight excluding hydrogens is 348 g/mol. The van der Waals surface area contributed by atoms with Gasteiger partial charge in [-0.1, -0.05) is 36.4 Å². The first kappa shape index (κ1) is 20.3. The van der Waals surface area contributed by atoms with E-state index in [9.17, 15) is 9.59 Å². The molecule has 2 aromatic rings. The molecule has 0 heterocycles. The minimum absolute atomic E-state index is 0.159. The highest BCUT2D eigenvalue weighted by Crippen LogP contribution is 2.34. The Bertz CT molecular complexity index is 771. The quantitative estimate of drug-likeness (QED) is 0.659. The summed E-state index contributed by atoms with van der Waals surface area (Å²) in [6.45, 7) is 5.01. The van der Waals surface area contributed by atoms with E-state index >= 15 is 0 Å². The van der Waals surface area contributed by atoms with Crippen LogP contribution in [-0.4, -0.2) is 31.8 Å². The molecule has 2 atom stereocenters. The smallest absolute Gasteiger partial charge is 0.351 e. The zero-order valence-electron chi connectivity index (χ0n) is 15.9. The van der Waals surface area contributed by atoms with Gasteiger partial charge in [0, 0.05) is 6.92 Å². The summed E-state index contributed by atoms with van der Waals surface area (Å²) in [7, 11) is 1.54. The van der Waals surface area contributed by atoms with Gasteiger partial charge < -0.3 is 18.9 Å². The maximum atomic E-state index is 12.5. The molecule has 0 aromatic heterocycles. The van der Waals surface area contributed by atoms with E-state index in [0.29, 0.717) is 17.1 Å². The van der Waals surface area contributed by atoms with Crippen LogP contribution in [0.1, 0.15) is 31.1 Å². The van der Waals surface area contributed by atoms with Crippen LogP contribution in [0, 0.1) is 6.92 Å². The van der Waals surface area contributed by atoms with E-state index in [2.05, 4.69) is 0 Å². The normalized spacial score (nSPS) is 12.6. The fraction of sp³-hybridized carbons (Fsp3) is 0.333. The summed E-state index contributed by atoms with van der Waals surface area (Å²) in [4.78, 5) is 24.1. The molecule has 144 valence electrons. The Kier molecular flexibility index (Phi) is 7.23. The van der Waals surface area contributed by atoms with E-state index in [1.807, 2.05) is 37.3 Å². The Morgan fingerprint density at radius 1 is 1.04 bits per heavy atom. The molecule has 0 saturated heterocycles. The molecule has 0 amide bonds. The lowest BCUT2D eigenvalue weighted by Crippen LogP contribution is -2.37. The minimum atomic E-state index is -1.25. The first-order valence-electron chi connectivity index (χ1n) is 8.66. The molecule has 6 heteroatoms. The van der Waals surface area contributed by atoms with Crippen molar-refractivity contribution >= 4 is 11.9 Å². The number of esters is 2. The van der Waals surface area contributed by atoms with Gasteiger partial charge in [0.15, 0.2) is 17.6 Å². The molecule has 0 spiro atoms. The van der Waals surface area contributed by atoms with Crippen LogP contribution < -0.4 is 9.47 Å². The third-order valence-electron chi connectivity index (χ3n) is 3.79. The molecule has 2 rings (SSSR count). The second-order valence-electron chi connectivity index (χ2n) is 5.89. The van der Waals surface area contributed by atoms with Gasteiger partial charge in [0.25, 0.3) is 0 Å². The number of rotatable bonds is 8. The van der Waals surface area contributed by atoms with Gasteiger partial charge in [-0.15, -0.1) is 0 Å². The number of methoxy groups -OCH3 is 1. The van der Waals surface area contributed by atoms with Gasteiger partial charge in [-0.05, 0) is 37.1 Å². The molecular formula is C21H24O6. The summed E-state index contributed by atoms with van der Waals surface area (Å²) in [5, 5.41) is 0. The Morgan fingerprint density at radius 3 is 2.33 bits per heavy atom. The average Bonchev–Trinajstić information content (AvgIpc) is 2.66. The van der Waals surface area contributed by atoms with Crippen molar-refractivity contribution in [1.29, 1.82) is 0 Å². The molecule has 0 fully saturated rings. The van der Waals surface area contributed by atoms with Crippen molar-refractivity contribution in [2.45, 2.75) is 33.0 Å². The third-order valence-corrected chi connectivity index (χ3v) is 3.79. The molecule has 6 nitrogen and oxygen atoms in total. The zero-order valence-corrected chi connectivity index (χ0v) is 15.9. The van der Waals surface area contributed by atoms with Crippen molar-refractivity contribution in [1.82, 2.24) is 0 Å². The molecule has 2 aromatic carbocycles. The van der Waals surface area contributed by atoms with Crippen LogP contribution in [0.5, 0.6) is 11.5 Å². The van der Waals surface area contributed by atoms with Crippen molar-refractivity contribution in [3.63, 3.8) is 0 Å². The van der Waals surface area contributed by atoms with Crippen LogP contribution in [0.25, 0.3) is 0 Å². The Hall–Kier alpha value is -3.02. The molecule has 0 aliphatic heterocycles. The van der Waals surface area contributed by atoms with Crippen LogP contribution in [-0.2, 0) is 19.1 Å². The minimum Gasteiger partial charge on any atom is -0.493 e. The molecule has 0 aliphatic carbocycles. The van der Waals surface area contributed by atoms with Crippen molar-refractivity contribution < 1.29 is 28.5 Å². The highest BCUT2D eigenvalue weighted by molar-refractivity contribution is 5.79. The molecule has 0 saturated carbocycles. The van der Waals surface area contributed by atoms with E-state index in [1.54, 1.807) is 25.1 Å². The summed E-state index contributed by atoms with van der Waals surface area (Å²) in [6.07, 6.45) is -2.15. The van der Waals surface area contributed by atoms with Crippen LogP contribution in [0.15, 0.2) is 48.5 Å². The lowest BCUT2D eigenvalue weighted by molar-refractivity contribution is -0.173. The van der Waals surface area contributed by atoms with Crippen molar-refractivity contribution in [2.24, 2.45) is 0 Å². The number of ether oxygens (including phenoxy) is 4. The maximum absolute atomic E-state index is 12.5. The van der Waals surface area contributed by atoms with Crippen LogP contribution in [0.4, 0.5) is 0 Å². The molecule has 0 radical (unpaired) electrons. The summed E-state index contributed by atoms with van der Waals surface area (Å²) < 4.78 is 21.9. The van der Waals surface area contributed by atoms with Gasteiger partial charge in [0.1, 0.15) is 0 Å². The monoisotopic (exact) mass is 372 g/mol. The highest BCUT2D eigenvalue weighted by Gasteiger charge is 2.36. The standard InChI is InChI=1S/C21H24O6/c1-5-25-21(23)20(26-15(3)22)19(16-9-7-6-8-10-16)27-17-12-11-14(2)13-18(17)24-4/h6-13,19-20H,5H2,1-4H3. The van der Waals surface area contributed by atoms with Crippen LogP contribution in [0.2, 0.25) is 0 Å². The fourth-order valence-electron chi connectivity index (χ4n) is 2.59. The first-order valence-corrected chi connectivity index (χ1v) is 8.66. The second kappa shape index (κ2) is 9.62.